The van der Waals surface area contributed by atoms with Gasteiger partial charge in [0.15, 0.2) is 11.2 Å². The molecule has 0 saturated carbocycles. The largest absolute Gasteiger partial charge is 0.340 e. The Morgan fingerprint density at radius 3 is 2.58 bits per heavy atom. The van der Waals surface area contributed by atoms with Gasteiger partial charge in [-0.05, 0) is 13.8 Å². The van der Waals surface area contributed by atoms with Crippen LogP contribution in [0.1, 0.15) is 13.8 Å². The number of nitrogens with zero attached hydrogens (tertiary/aromatic N) is 5. The Kier molecular flexibility index (Phi) is 5.00. The van der Waals surface area contributed by atoms with E-state index >= 15 is 0 Å². The van der Waals surface area contributed by atoms with Crippen LogP contribution in [0.15, 0.2) is 21.7 Å². The highest BCUT2D eigenvalue weighted by molar-refractivity contribution is 5.75. The number of aromatic nitrogens is 4. The highest BCUT2D eigenvalue weighted by Gasteiger charge is 2.24. The predicted octanol–water partition coefficient (Wildman–Crippen LogP) is -0.0943. The maximum atomic E-state index is 12.9. The Bertz CT molecular complexity index is 1020. The first kappa shape index (κ1) is 18.0. The van der Waals surface area contributed by atoms with Gasteiger partial charge in [-0.15, -0.1) is 5.92 Å². The predicted molar refractivity (Wildman–Crippen MR) is 103 cm³/mol. The van der Waals surface area contributed by atoms with Crippen molar-refractivity contribution < 1.29 is 0 Å². The summed E-state index contributed by atoms with van der Waals surface area (Å²) in [6.45, 7) is 11.4. The number of rotatable bonds is 4. The molecule has 0 aliphatic carbocycles. The van der Waals surface area contributed by atoms with E-state index in [0.717, 1.165) is 36.3 Å². The topological polar surface area (TPSA) is 77.1 Å². The van der Waals surface area contributed by atoms with Crippen molar-refractivity contribution >= 4 is 17.1 Å². The van der Waals surface area contributed by atoms with E-state index in [0.29, 0.717) is 30.2 Å². The lowest BCUT2D eigenvalue weighted by molar-refractivity contribution is 0.572. The van der Waals surface area contributed by atoms with E-state index in [1.165, 1.54) is 11.6 Å². The normalized spacial score (nSPS) is 14.3. The van der Waals surface area contributed by atoms with Gasteiger partial charge in [0.2, 0.25) is 5.95 Å². The van der Waals surface area contributed by atoms with Crippen molar-refractivity contribution in [3.05, 3.63) is 33.0 Å². The first-order valence-corrected chi connectivity index (χ1v) is 8.65. The van der Waals surface area contributed by atoms with Gasteiger partial charge in [0, 0.05) is 39.8 Å². The molecule has 26 heavy (non-hydrogen) atoms. The average Bonchev–Trinajstić information content (AvgIpc) is 3.01. The van der Waals surface area contributed by atoms with Gasteiger partial charge in [-0.1, -0.05) is 18.1 Å². The Labute approximate surface area is 151 Å². The van der Waals surface area contributed by atoms with Crippen molar-refractivity contribution in [2.75, 3.05) is 31.1 Å². The molecule has 8 nitrogen and oxygen atoms in total. The van der Waals surface area contributed by atoms with E-state index in [4.69, 9.17) is 4.98 Å². The smallest absolute Gasteiger partial charge is 0.332 e. The number of nitrogens with one attached hydrogen (secondary N) is 1. The van der Waals surface area contributed by atoms with Crippen molar-refractivity contribution in [2.24, 2.45) is 7.05 Å². The molecule has 0 amide bonds. The van der Waals surface area contributed by atoms with Crippen molar-refractivity contribution in [2.45, 2.75) is 26.9 Å². The van der Waals surface area contributed by atoms with Gasteiger partial charge in [-0.2, -0.15) is 4.98 Å². The molecule has 1 saturated heterocycles. The van der Waals surface area contributed by atoms with Crippen LogP contribution in [0.3, 0.4) is 0 Å². The van der Waals surface area contributed by atoms with Crippen LogP contribution in [-0.2, 0) is 20.1 Å². The zero-order chi connectivity index (χ0) is 18.8. The molecule has 0 atom stereocenters. The van der Waals surface area contributed by atoms with Crippen LogP contribution in [0.5, 0.6) is 0 Å². The summed E-state index contributed by atoms with van der Waals surface area (Å²) in [7, 11) is 1.49. The van der Waals surface area contributed by atoms with E-state index in [2.05, 4.69) is 28.6 Å². The van der Waals surface area contributed by atoms with Crippen molar-refractivity contribution in [1.82, 2.24) is 24.0 Å². The summed E-state index contributed by atoms with van der Waals surface area (Å²) in [5.74, 6) is 6.58. The third-order valence-corrected chi connectivity index (χ3v) is 4.45. The van der Waals surface area contributed by atoms with E-state index < -0.39 is 0 Å². The van der Waals surface area contributed by atoms with E-state index in [1.54, 1.807) is 6.92 Å². The summed E-state index contributed by atoms with van der Waals surface area (Å²) in [4.78, 5) is 32.3. The number of allylic oxidation sites excluding steroid dienone is 1. The molecule has 2 aromatic rings. The molecule has 0 aromatic carbocycles. The first-order valence-electron chi connectivity index (χ1n) is 8.65. The minimum Gasteiger partial charge on any atom is -0.340 e. The van der Waals surface area contributed by atoms with E-state index in [9.17, 15) is 9.59 Å². The Morgan fingerprint density at radius 2 is 1.96 bits per heavy atom. The maximum Gasteiger partial charge on any atom is 0.332 e. The van der Waals surface area contributed by atoms with Crippen molar-refractivity contribution in [3.8, 4) is 11.8 Å². The fourth-order valence-electron chi connectivity index (χ4n) is 3.17. The Hall–Kier alpha value is -2.79. The minimum atomic E-state index is -0.386. The molecular weight excluding hydrogens is 332 g/mol. The van der Waals surface area contributed by atoms with Gasteiger partial charge in [-0.3, -0.25) is 18.5 Å². The molecule has 0 radical (unpaired) electrons. The second-order valence-electron chi connectivity index (χ2n) is 6.52. The lowest BCUT2D eigenvalue weighted by Gasteiger charge is -2.28. The number of hydrogen-bond donors (Lipinski definition) is 1. The Morgan fingerprint density at radius 1 is 1.27 bits per heavy atom. The van der Waals surface area contributed by atoms with Gasteiger partial charge in [0.25, 0.3) is 5.56 Å². The summed E-state index contributed by atoms with van der Waals surface area (Å²) < 4.78 is 4.47. The molecule has 1 N–H and O–H groups in total. The number of imidazole rings is 1. The van der Waals surface area contributed by atoms with Gasteiger partial charge >= 0.3 is 5.69 Å². The number of piperazine rings is 1. The SMILES string of the molecule is C=C(C)Cn1c(=O)n(C)c(=O)c2c1nc(N1CCNCC1)n2CC#CC. The zero-order valence-electron chi connectivity index (χ0n) is 15.5. The maximum absolute atomic E-state index is 12.9. The second-order valence-corrected chi connectivity index (χ2v) is 6.52. The molecular formula is C18H24N6O2. The highest BCUT2D eigenvalue weighted by Crippen LogP contribution is 2.20. The van der Waals surface area contributed by atoms with Gasteiger partial charge < -0.3 is 10.2 Å². The number of hydrogen-bond acceptors (Lipinski definition) is 5. The summed E-state index contributed by atoms with van der Waals surface area (Å²) in [6.07, 6.45) is 0. The molecule has 1 aliphatic heterocycles. The molecule has 0 unspecified atom stereocenters. The Balaban J connectivity index is 2.34. The third-order valence-electron chi connectivity index (χ3n) is 4.45. The zero-order valence-corrected chi connectivity index (χ0v) is 15.5. The van der Waals surface area contributed by atoms with Crippen molar-refractivity contribution in [3.63, 3.8) is 0 Å². The van der Waals surface area contributed by atoms with E-state index in [1.807, 2.05) is 11.5 Å². The van der Waals surface area contributed by atoms with Crippen LogP contribution in [0.25, 0.3) is 11.2 Å². The number of fused-ring (bicyclic) bond motifs is 1. The standard InChI is InChI=1S/C18H24N6O2/c1-5-6-9-23-14-15(20-17(23)22-10-7-19-8-11-22)24(12-13(2)3)18(26)21(4)16(14)25/h19H,2,7-12H2,1,3-4H3. The van der Waals surface area contributed by atoms with Crippen LogP contribution in [0.4, 0.5) is 5.95 Å². The quantitative estimate of drug-likeness (QED) is 0.612. The van der Waals surface area contributed by atoms with Gasteiger partial charge in [0.1, 0.15) is 0 Å². The van der Waals surface area contributed by atoms with Crippen LogP contribution in [0.2, 0.25) is 0 Å². The summed E-state index contributed by atoms with van der Waals surface area (Å²) in [5.41, 5.74) is 0.883. The van der Waals surface area contributed by atoms with Crippen LogP contribution >= 0.6 is 0 Å². The lowest BCUT2D eigenvalue weighted by Crippen LogP contribution is -2.44. The van der Waals surface area contributed by atoms with Crippen LogP contribution < -0.4 is 21.5 Å². The monoisotopic (exact) mass is 356 g/mol. The molecule has 138 valence electrons. The summed E-state index contributed by atoms with van der Waals surface area (Å²) >= 11 is 0. The molecule has 3 rings (SSSR count). The first-order chi connectivity index (χ1) is 12.5. The molecule has 0 spiro atoms. The summed E-state index contributed by atoms with van der Waals surface area (Å²) in [5, 5.41) is 3.31. The average molecular weight is 356 g/mol. The fraction of sp³-hybridized carbons (Fsp3) is 0.500. The van der Waals surface area contributed by atoms with Crippen molar-refractivity contribution in [1.29, 1.82) is 0 Å². The van der Waals surface area contributed by atoms with Crippen LogP contribution in [0, 0.1) is 11.8 Å². The molecule has 8 heteroatoms. The molecule has 3 heterocycles. The fourth-order valence-corrected chi connectivity index (χ4v) is 3.17. The summed E-state index contributed by atoms with van der Waals surface area (Å²) in [6, 6.07) is 0. The minimum absolute atomic E-state index is 0.320. The second kappa shape index (κ2) is 7.22. The lowest BCUT2D eigenvalue weighted by atomic mass is 10.3. The number of anilines is 1. The third kappa shape index (κ3) is 3.06. The highest BCUT2D eigenvalue weighted by atomic mass is 16.2. The van der Waals surface area contributed by atoms with Crippen LogP contribution in [-0.4, -0.2) is 44.9 Å². The molecule has 2 aromatic heterocycles. The van der Waals surface area contributed by atoms with Gasteiger partial charge in [0.05, 0.1) is 6.54 Å². The van der Waals surface area contributed by atoms with E-state index in [-0.39, 0.29) is 11.2 Å². The molecule has 0 bridgehead atoms. The van der Waals surface area contributed by atoms with Gasteiger partial charge in [-0.25, -0.2) is 4.79 Å². The molecule has 1 fully saturated rings. The molecule has 1 aliphatic rings.